The molecule has 0 fully saturated rings. The number of allylic oxidation sites excluding steroid dienone is 1. The molecule has 2 heteroatoms. The van der Waals surface area contributed by atoms with Crippen LogP contribution in [0.3, 0.4) is 0 Å². The number of carbonyl (C=O) groups excluding carboxylic acids is 1. The highest BCUT2D eigenvalue weighted by molar-refractivity contribution is 5.91. The minimum atomic E-state index is -0.368. The second kappa shape index (κ2) is 3.21. The van der Waals surface area contributed by atoms with Gasteiger partial charge in [0.2, 0.25) is 0 Å². The monoisotopic (exact) mass is 214 g/mol. The quantitative estimate of drug-likeness (QED) is 0.663. The first-order valence-electron chi connectivity index (χ1n) is 5.67. The van der Waals surface area contributed by atoms with E-state index in [1.807, 2.05) is 0 Å². The third-order valence-electron chi connectivity index (χ3n) is 3.56. The van der Waals surface area contributed by atoms with Crippen molar-refractivity contribution in [2.75, 3.05) is 0 Å². The average molecular weight is 214 g/mol. The van der Waals surface area contributed by atoms with Gasteiger partial charge >= 0.3 is 0 Å². The van der Waals surface area contributed by atoms with E-state index in [1.54, 1.807) is 6.26 Å². The summed E-state index contributed by atoms with van der Waals surface area (Å²) in [5.41, 5.74) is 3.40. The molecule has 0 saturated heterocycles. The van der Waals surface area contributed by atoms with Gasteiger partial charge in [0.05, 0.1) is 12.7 Å². The van der Waals surface area contributed by atoms with Gasteiger partial charge in [-0.15, -0.1) is 0 Å². The summed E-state index contributed by atoms with van der Waals surface area (Å²) in [6, 6.07) is 6.44. The lowest BCUT2D eigenvalue weighted by Gasteiger charge is -2.31. The molecule has 0 N–H and O–H groups in total. The first-order chi connectivity index (χ1) is 7.70. The summed E-state index contributed by atoms with van der Waals surface area (Å²) in [4.78, 5) is 11.6. The van der Waals surface area contributed by atoms with E-state index in [4.69, 9.17) is 4.74 Å². The minimum absolute atomic E-state index is 0.167. The lowest BCUT2D eigenvalue weighted by molar-refractivity contribution is -0.122. The van der Waals surface area contributed by atoms with Crippen molar-refractivity contribution in [2.24, 2.45) is 0 Å². The summed E-state index contributed by atoms with van der Waals surface area (Å²) in [5, 5.41) is 0. The standard InChI is InChI=1S/C14H14O2/c1-10-2-3-11-4-6-14(13(11)8-10)9-12(15)5-7-16-14/h2-3,5,7-8H,4,6,9H2,1H3. The average Bonchev–Trinajstić information content (AvgIpc) is 2.58. The predicted molar refractivity (Wildman–Crippen MR) is 61.0 cm³/mol. The highest BCUT2D eigenvalue weighted by atomic mass is 16.5. The zero-order chi connectivity index (χ0) is 11.2. The fraction of sp³-hybridized carbons (Fsp3) is 0.357. The van der Waals surface area contributed by atoms with Crippen molar-refractivity contribution in [2.45, 2.75) is 31.8 Å². The Balaban J connectivity index is 2.11. The number of fused-ring (bicyclic) bond motifs is 2. The molecule has 1 aliphatic carbocycles. The molecule has 0 radical (unpaired) electrons. The third-order valence-corrected chi connectivity index (χ3v) is 3.56. The van der Waals surface area contributed by atoms with Crippen molar-refractivity contribution in [3.05, 3.63) is 47.2 Å². The lowest BCUT2D eigenvalue weighted by atomic mass is 9.88. The molecule has 1 atom stereocenters. The van der Waals surface area contributed by atoms with Crippen LogP contribution in [0.5, 0.6) is 0 Å². The number of aryl methyl sites for hydroxylation is 2. The topological polar surface area (TPSA) is 26.3 Å². The Bertz CT molecular complexity index is 488. The largest absolute Gasteiger partial charge is 0.490 e. The molecule has 3 rings (SSSR count). The van der Waals surface area contributed by atoms with Crippen LogP contribution in [0.4, 0.5) is 0 Å². The van der Waals surface area contributed by atoms with Crippen LogP contribution in [0.2, 0.25) is 0 Å². The molecule has 0 bridgehead atoms. The van der Waals surface area contributed by atoms with E-state index in [0.717, 1.165) is 12.8 Å². The fourth-order valence-corrected chi connectivity index (χ4v) is 2.73. The van der Waals surface area contributed by atoms with E-state index in [0.29, 0.717) is 6.42 Å². The molecule has 2 nitrogen and oxygen atoms in total. The SMILES string of the molecule is Cc1ccc2c(c1)C1(CC2)CC(=O)C=CO1. The van der Waals surface area contributed by atoms with Crippen molar-refractivity contribution in [1.29, 1.82) is 0 Å². The number of ketones is 1. The maximum Gasteiger partial charge on any atom is 0.163 e. The summed E-state index contributed by atoms with van der Waals surface area (Å²) in [6.07, 6.45) is 5.50. The Morgan fingerprint density at radius 1 is 1.38 bits per heavy atom. The molecule has 1 aromatic rings. The Hall–Kier alpha value is -1.57. The molecule has 0 amide bonds. The summed E-state index contributed by atoms with van der Waals surface area (Å²) in [6.45, 7) is 2.08. The van der Waals surface area contributed by atoms with Crippen LogP contribution in [0.15, 0.2) is 30.5 Å². The molecule has 1 unspecified atom stereocenters. The van der Waals surface area contributed by atoms with E-state index < -0.39 is 0 Å². The van der Waals surface area contributed by atoms with E-state index in [9.17, 15) is 4.79 Å². The van der Waals surface area contributed by atoms with Gasteiger partial charge in [0.15, 0.2) is 5.78 Å². The summed E-state index contributed by atoms with van der Waals surface area (Å²) < 4.78 is 5.78. The molecular weight excluding hydrogens is 200 g/mol. The van der Waals surface area contributed by atoms with Crippen molar-refractivity contribution >= 4 is 5.78 Å². The van der Waals surface area contributed by atoms with Gasteiger partial charge in [-0.25, -0.2) is 0 Å². The van der Waals surface area contributed by atoms with E-state index in [1.165, 1.54) is 22.8 Å². The second-order valence-electron chi connectivity index (χ2n) is 4.72. The highest BCUT2D eigenvalue weighted by Gasteiger charge is 2.42. The molecule has 1 aromatic carbocycles. The Morgan fingerprint density at radius 2 is 2.25 bits per heavy atom. The van der Waals surface area contributed by atoms with E-state index in [2.05, 4.69) is 25.1 Å². The first-order valence-corrected chi connectivity index (χ1v) is 5.67. The predicted octanol–water partition coefficient (Wildman–Crippen LogP) is 2.64. The Kier molecular flexibility index (Phi) is 1.93. The first kappa shape index (κ1) is 9.64. The van der Waals surface area contributed by atoms with Gasteiger partial charge in [0.1, 0.15) is 5.60 Å². The molecule has 2 aliphatic rings. The van der Waals surface area contributed by atoms with Gasteiger partial charge in [0, 0.05) is 6.08 Å². The van der Waals surface area contributed by atoms with Crippen LogP contribution in [0.25, 0.3) is 0 Å². The van der Waals surface area contributed by atoms with E-state index in [-0.39, 0.29) is 11.4 Å². The smallest absolute Gasteiger partial charge is 0.163 e. The molecule has 0 aromatic heterocycles. The van der Waals surface area contributed by atoms with Crippen molar-refractivity contribution < 1.29 is 9.53 Å². The molecule has 1 heterocycles. The molecule has 1 aliphatic heterocycles. The van der Waals surface area contributed by atoms with Crippen molar-refractivity contribution in [3.8, 4) is 0 Å². The maximum absolute atomic E-state index is 11.6. The zero-order valence-electron chi connectivity index (χ0n) is 9.32. The second-order valence-corrected chi connectivity index (χ2v) is 4.72. The number of ether oxygens (including phenoxy) is 1. The zero-order valence-corrected chi connectivity index (χ0v) is 9.32. The highest BCUT2D eigenvalue weighted by Crippen LogP contribution is 2.44. The Labute approximate surface area is 94.9 Å². The van der Waals surface area contributed by atoms with Crippen LogP contribution >= 0.6 is 0 Å². The maximum atomic E-state index is 11.6. The summed E-state index contributed by atoms with van der Waals surface area (Å²) >= 11 is 0. The molecule has 82 valence electrons. The number of hydrogen-bond donors (Lipinski definition) is 0. The summed E-state index contributed by atoms with van der Waals surface area (Å²) in [7, 11) is 0. The van der Waals surface area contributed by atoms with Crippen LogP contribution in [-0.4, -0.2) is 5.78 Å². The Morgan fingerprint density at radius 3 is 3.06 bits per heavy atom. The molecule has 16 heavy (non-hydrogen) atoms. The van der Waals surface area contributed by atoms with Gasteiger partial charge in [-0.3, -0.25) is 4.79 Å². The third kappa shape index (κ3) is 1.29. The van der Waals surface area contributed by atoms with Crippen molar-refractivity contribution in [3.63, 3.8) is 0 Å². The minimum Gasteiger partial charge on any atom is -0.490 e. The van der Waals surface area contributed by atoms with Crippen LogP contribution < -0.4 is 0 Å². The molecule has 1 spiro atoms. The van der Waals surface area contributed by atoms with E-state index >= 15 is 0 Å². The van der Waals surface area contributed by atoms with Gasteiger partial charge in [-0.1, -0.05) is 23.8 Å². The lowest BCUT2D eigenvalue weighted by Crippen LogP contribution is -2.30. The van der Waals surface area contributed by atoms with Gasteiger partial charge in [0.25, 0.3) is 0 Å². The van der Waals surface area contributed by atoms with Crippen molar-refractivity contribution in [1.82, 2.24) is 0 Å². The van der Waals surface area contributed by atoms with Crippen LogP contribution in [0.1, 0.15) is 29.5 Å². The van der Waals surface area contributed by atoms with Crippen LogP contribution in [0, 0.1) is 6.92 Å². The number of hydrogen-bond acceptors (Lipinski definition) is 2. The fourth-order valence-electron chi connectivity index (χ4n) is 2.73. The number of carbonyl (C=O) groups is 1. The number of benzene rings is 1. The molecular formula is C14H14O2. The summed E-state index contributed by atoms with van der Waals surface area (Å²) in [5.74, 6) is 0.167. The van der Waals surface area contributed by atoms with Gasteiger partial charge in [-0.2, -0.15) is 0 Å². The normalized spacial score (nSPS) is 26.9. The number of rotatable bonds is 0. The molecule has 0 saturated carbocycles. The van der Waals surface area contributed by atoms with Crippen LogP contribution in [-0.2, 0) is 21.6 Å². The van der Waals surface area contributed by atoms with Gasteiger partial charge < -0.3 is 4.74 Å². The van der Waals surface area contributed by atoms with Gasteiger partial charge in [-0.05, 0) is 30.9 Å².